The number of nitrogens with two attached hydrogens (primary N) is 2. The van der Waals surface area contributed by atoms with Crippen LogP contribution in [0.2, 0.25) is 5.02 Å². The summed E-state index contributed by atoms with van der Waals surface area (Å²) >= 11 is 8.60. The average Bonchev–Trinajstić information content (AvgIpc) is 3.11. The van der Waals surface area contributed by atoms with Crippen molar-refractivity contribution in [3.8, 4) is 0 Å². The van der Waals surface area contributed by atoms with Crippen LogP contribution in [0.25, 0.3) is 10.8 Å². The van der Waals surface area contributed by atoms with Gasteiger partial charge in [0.15, 0.2) is 5.96 Å². The number of amides is 2. The Kier molecular flexibility index (Phi) is 11.0. The lowest BCUT2D eigenvalue weighted by molar-refractivity contribution is -0.132. The summed E-state index contributed by atoms with van der Waals surface area (Å²) in [4.78, 5) is 32.5. The van der Waals surface area contributed by atoms with E-state index in [1.165, 1.54) is 0 Å². The van der Waals surface area contributed by atoms with Gasteiger partial charge in [0.2, 0.25) is 5.91 Å². The van der Waals surface area contributed by atoms with Gasteiger partial charge in [0.1, 0.15) is 0 Å². The van der Waals surface area contributed by atoms with E-state index >= 15 is 0 Å². The molecule has 2 atom stereocenters. The molecule has 3 aromatic carbocycles. The fourth-order valence-electron chi connectivity index (χ4n) is 4.97. The minimum atomic E-state index is -0.380. The average molecular weight is 675 g/mol. The maximum Gasteiger partial charge on any atom is 0.251 e. The van der Waals surface area contributed by atoms with Gasteiger partial charge >= 0.3 is 0 Å². The Hall–Kier alpha value is -2.89. The number of aliphatic imine (C=N–C) groups is 1. The molecular weight excluding hydrogens is 639 g/mol. The summed E-state index contributed by atoms with van der Waals surface area (Å²) in [5.41, 5.74) is 13.8. The minimum absolute atomic E-state index is 0.0462. The van der Waals surface area contributed by atoms with E-state index in [0.717, 1.165) is 44.2 Å². The van der Waals surface area contributed by atoms with Gasteiger partial charge < -0.3 is 27.0 Å². The molecule has 4 rings (SSSR count). The third-order valence-corrected chi connectivity index (χ3v) is 8.38. The predicted octanol–water partition coefficient (Wildman–Crippen LogP) is 4.01. The van der Waals surface area contributed by atoms with Crippen LogP contribution in [0, 0.1) is 0 Å². The van der Waals surface area contributed by atoms with Crippen LogP contribution in [0.3, 0.4) is 0 Å². The molecule has 1 saturated heterocycles. The molecule has 0 radical (unpaired) electrons. The highest BCUT2D eigenvalue weighted by molar-refractivity contribution is 14.1. The molecule has 212 valence electrons. The van der Waals surface area contributed by atoms with E-state index in [-0.39, 0.29) is 29.9 Å². The first-order valence-corrected chi connectivity index (χ1v) is 15.4. The van der Waals surface area contributed by atoms with E-state index in [1.807, 2.05) is 59.5 Å². The van der Waals surface area contributed by atoms with Crippen molar-refractivity contribution >= 4 is 62.7 Å². The molecule has 40 heavy (non-hydrogen) atoms. The number of fused-ring (bicyclic) bond motifs is 1. The van der Waals surface area contributed by atoms with Crippen molar-refractivity contribution in [3.05, 3.63) is 82.4 Å². The lowest BCUT2D eigenvalue weighted by atomic mass is 10.1. The normalized spacial score (nSPS) is 17.4. The molecule has 1 fully saturated rings. The van der Waals surface area contributed by atoms with Crippen molar-refractivity contribution in [1.29, 1.82) is 0 Å². The van der Waals surface area contributed by atoms with Gasteiger partial charge in [0.05, 0.1) is 6.04 Å². The number of benzene rings is 3. The van der Waals surface area contributed by atoms with Gasteiger partial charge in [-0.3, -0.25) is 14.6 Å². The van der Waals surface area contributed by atoms with Crippen molar-refractivity contribution in [2.45, 2.75) is 42.2 Å². The molecule has 0 aliphatic carbocycles. The number of guanidine groups is 1. The number of alkyl halides is 1. The van der Waals surface area contributed by atoms with Crippen LogP contribution in [0.1, 0.15) is 40.7 Å². The Bertz CT molecular complexity index is 1360. The molecule has 0 spiro atoms. The molecule has 6 N–H and O–H groups in total. The zero-order valence-electron chi connectivity index (χ0n) is 22.4. The Labute approximate surface area is 254 Å². The quantitative estimate of drug-likeness (QED) is 0.0805. The molecule has 1 aliphatic heterocycles. The van der Waals surface area contributed by atoms with E-state index in [9.17, 15) is 9.59 Å². The summed E-state index contributed by atoms with van der Waals surface area (Å²) in [6.45, 7) is 2.11. The topological polar surface area (TPSA) is 126 Å². The zero-order chi connectivity index (χ0) is 28.5. The molecule has 0 aromatic heterocycles. The predicted molar refractivity (Wildman–Crippen MR) is 171 cm³/mol. The van der Waals surface area contributed by atoms with E-state index < -0.39 is 0 Å². The fourth-order valence-corrected chi connectivity index (χ4v) is 6.01. The van der Waals surface area contributed by atoms with Crippen molar-refractivity contribution in [2.75, 3.05) is 26.2 Å². The molecule has 3 aromatic rings. The molecular formula is C30H36ClIN6O2. The van der Waals surface area contributed by atoms with Crippen molar-refractivity contribution in [3.63, 3.8) is 0 Å². The number of hydrogen-bond acceptors (Lipinski definition) is 4. The van der Waals surface area contributed by atoms with Gasteiger partial charge in [-0.05, 0) is 65.8 Å². The standard InChI is InChI=1S/C30H36ClIN6O2/c31-26-10-7-20(16-24(26)18-32)11-14-38-15-12-25(37-27(29(38)40)6-3-13-35-30(33)34)19-36-28(39)23-9-8-21-4-1-2-5-22(21)17-23/h1-2,4-5,7-10,16-17,25,27,37H,3,6,11-15,18-19H2,(H,36,39)(H4,33,34,35)/t25-,27-/m0/s1. The lowest BCUT2D eigenvalue weighted by Gasteiger charge is -2.25. The summed E-state index contributed by atoms with van der Waals surface area (Å²) in [5, 5.41) is 9.46. The van der Waals surface area contributed by atoms with Crippen LogP contribution in [0.5, 0.6) is 0 Å². The second-order valence-electron chi connectivity index (χ2n) is 10.1. The van der Waals surface area contributed by atoms with Crippen LogP contribution < -0.4 is 22.1 Å². The summed E-state index contributed by atoms with van der Waals surface area (Å²) in [6, 6.07) is 19.3. The number of hydrogen-bond donors (Lipinski definition) is 4. The van der Waals surface area contributed by atoms with E-state index in [2.05, 4.69) is 44.3 Å². The van der Waals surface area contributed by atoms with E-state index in [0.29, 0.717) is 44.6 Å². The molecule has 1 aliphatic rings. The number of nitrogens with one attached hydrogen (secondary N) is 2. The number of carbonyl (C=O) groups is 2. The SMILES string of the molecule is NC(N)=NCCC[C@@H]1N[C@H](CNC(=O)c2ccc3ccccc3c2)CCN(CCc2ccc(Cl)c(CI)c2)C1=O. The number of rotatable bonds is 11. The van der Waals surface area contributed by atoms with Crippen LogP contribution in [0.15, 0.2) is 65.7 Å². The maximum atomic E-state index is 13.6. The van der Waals surface area contributed by atoms with Crippen molar-refractivity contribution in [2.24, 2.45) is 16.5 Å². The minimum Gasteiger partial charge on any atom is -0.370 e. The highest BCUT2D eigenvalue weighted by Crippen LogP contribution is 2.21. The first kappa shape index (κ1) is 30.1. The Balaban J connectivity index is 1.40. The Morgan fingerprint density at radius 3 is 2.70 bits per heavy atom. The smallest absolute Gasteiger partial charge is 0.251 e. The van der Waals surface area contributed by atoms with Gasteiger partial charge in [0, 0.05) is 47.2 Å². The molecule has 10 heteroatoms. The molecule has 0 bridgehead atoms. The summed E-state index contributed by atoms with van der Waals surface area (Å²) < 4.78 is 0.835. The number of carbonyl (C=O) groups excluding carboxylic acids is 2. The first-order chi connectivity index (χ1) is 19.3. The van der Waals surface area contributed by atoms with Gasteiger partial charge in [-0.15, -0.1) is 0 Å². The molecule has 0 unspecified atom stereocenters. The summed E-state index contributed by atoms with van der Waals surface area (Å²) in [7, 11) is 0. The van der Waals surface area contributed by atoms with Crippen LogP contribution in [0.4, 0.5) is 0 Å². The highest BCUT2D eigenvalue weighted by atomic mass is 127. The second-order valence-corrected chi connectivity index (χ2v) is 11.2. The zero-order valence-corrected chi connectivity index (χ0v) is 25.3. The van der Waals surface area contributed by atoms with E-state index in [1.54, 1.807) is 0 Å². The Morgan fingerprint density at radius 2 is 1.93 bits per heavy atom. The summed E-state index contributed by atoms with van der Waals surface area (Å²) in [6.07, 6.45) is 2.74. The maximum absolute atomic E-state index is 13.6. The van der Waals surface area contributed by atoms with Gasteiger partial charge in [0.25, 0.3) is 5.91 Å². The highest BCUT2D eigenvalue weighted by Gasteiger charge is 2.30. The summed E-state index contributed by atoms with van der Waals surface area (Å²) in [5.74, 6) is -0.0147. The van der Waals surface area contributed by atoms with Gasteiger partial charge in [-0.25, -0.2) is 0 Å². The number of nitrogens with zero attached hydrogens (tertiary/aromatic N) is 2. The Morgan fingerprint density at radius 1 is 1.12 bits per heavy atom. The molecule has 8 nitrogen and oxygen atoms in total. The largest absolute Gasteiger partial charge is 0.370 e. The van der Waals surface area contributed by atoms with Crippen LogP contribution in [-0.4, -0.2) is 60.9 Å². The van der Waals surface area contributed by atoms with E-state index in [4.69, 9.17) is 23.1 Å². The number of halogens is 2. The first-order valence-electron chi connectivity index (χ1n) is 13.5. The van der Waals surface area contributed by atoms with Gasteiger partial charge in [-0.2, -0.15) is 0 Å². The van der Waals surface area contributed by atoms with Crippen molar-refractivity contribution in [1.82, 2.24) is 15.5 Å². The fraction of sp³-hybridized carbons (Fsp3) is 0.367. The van der Waals surface area contributed by atoms with Crippen LogP contribution >= 0.6 is 34.2 Å². The third-order valence-electron chi connectivity index (χ3n) is 7.18. The molecule has 1 heterocycles. The van der Waals surface area contributed by atoms with Gasteiger partial charge in [-0.1, -0.05) is 76.7 Å². The third kappa shape index (κ3) is 8.31. The lowest BCUT2D eigenvalue weighted by Crippen LogP contribution is -2.49. The molecule has 2 amide bonds. The molecule has 0 saturated carbocycles. The second kappa shape index (κ2) is 14.7. The van der Waals surface area contributed by atoms with Crippen LogP contribution in [-0.2, 0) is 15.6 Å². The monoisotopic (exact) mass is 674 g/mol. The van der Waals surface area contributed by atoms with Crippen molar-refractivity contribution < 1.29 is 9.59 Å².